The Kier molecular flexibility index (Phi) is 5.22. The van der Waals surface area contributed by atoms with Gasteiger partial charge < -0.3 is 4.57 Å². The summed E-state index contributed by atoms with van der Waals surface area (Å²) in [6.45, 7) is 6.42. The van der Waals surface area contributed by atoms with E-state index in [0.717, 1.165) is 20.2 Å². The first kappa shape index (κ1) is 17.7. The summed E-state index contributed by atoms with van der Waals surface area (Å²) in [7, 11) is 0. The van der Waals surface area contributed by atoms with E-state index < -0.39 is 0 Å². The van der Waals surface area contributed by atoms with Gasteiger partial charge in [0.15, 0.2) is 0 Å². The maximum atomic E-state index is 12.2. The Morgan fingerprint density at radius 3 is 2.52 bits per heavy atom. The van der Waals surface area contributed by atoms with Crippen molar-refractivity contribution in [3.63, 3.8) is 0 Å². The van der Waals surface area contributed by atoms with E-state index in [1.807, 2.05) is 24.3 Å². The summed E-state index contributed by atoms with van der Waals surface area (Å²) < 4.78 is 3.38. The van der Waals surface area contributed by atoms with Crippen LogP contribution < -0.4 is 5.43 Å². The van der Waals surface area contributed by atoms with Crippen LogP contribution in [0.3, 0.4) is 0 Å². The molecule has 0 saturated heterocycles. The third-order valence-corrected chi connectivity index (χ3v) is 4.91. The van der Waals surface area contributed by atoms with E-state index in [2.05, 4.69) is 70.6 Å². The molecule has 0 spiro atoms. The molecule has 0 bridgehead atoms. The highest BCUT2D eigenvalue weighted by Gasteiger charge is 2.14. The number of benzene rings is 2. The molecule has 0 radical (unpaired) electrons. The average Bonchev–Trinajstić information content (AvgIpc) is 2.87. The first-order valence-electron chi connectivity index (χ1n) is 8.17. The van der Waals surface area contributed by atoms with Crippen LogP contribution in [0.2, 0.25) is 0 Å². The molecule has 1 aromatic heterocycles. The number of hydrogen-bond donors (Lipinski definition) is 1. The van der Waals surface area contributed by atoms with Gasteiger partial charge in [0.05, 0.1) is 6.21 Å². The first-order valence-corrected chi connectivity index (χ1v) is 9.25. The van der Waals surface area contributed by atoms with E-state index in [0.29, 0.717) is 11.6 Å². The highest BCUT2D eigenvalue weighted by atomic mass is 127. The molecule has 0 atom stereocenters. The van der Waals surface area contributed by atoms with Crippen molar-refractivity contribution in [1.82, 2.24) is 9.99 Å². The van der Waals surface area contributed by atoms with Crippen molar-refractivity contribution in [2.45, 2.75) is 26.8 Å². The summed E-state index contributed by atoms with van der Waals surface area (Å²) in [6, 6.07) is 16.0. The predicted molar refractivity (Wildman–Crippen MR) is 111 cm³/mol. The van der Waals surface area contributed by atoms with Gasteiger partial charge in [0.25, 0.3) is 5.91 Å². The van der Waals surface area contributed by atoms with Gasteiger partial charge in [0.1, 0.15) is 0 Å². The van der Waals surface area contributed by atoms with Gasteiger partial charge in [-0.15, -0.1) is 0 Å². The van der Waals surface area contributed by atoms with Gasteiger partial charge in [-0.2, -0.15) is 5.10 Å². The number of carbonyl (C=O) groups excluding carboxylic acids is 1. The van der Waals surface area contributed by atoms with Crippen LogP contribution >= 0.6 is 22.6 Å². The fourth-order valence-corrected chi connectivity index (χ4v) is 3.43. The molecule has 2 aromatic carbocycles. The topological polar surface area (TPSA) is 46.4 Å². The highest BCUT2D eigenvalue weighted by molar-refractivity contribution is 14.1. The van der Waals surface area contributed by atoms with Gasteiger partial charge in [-0.05, 0) is 73.7 Å². The van der Waals surface area contributed by atoms with Crippen LogP contribution in [0.4, 0.5) is 0 Å². The van der Waals surface area contributed by atoms with Gasteiger partial charge in [-0.3, -0.25) is 4.79 Å². The number of hydrogen-bond acceptors (Lipinski definition) is 2. The number of halogens is 1. The molecule has 25 heavy (non-hydrogen) atoms. The molecule has 0 aliphatic carbocycles. The largest absolute Gasteiger partial charge is 0.342 e. The summed E-state index contributed by atoms with van der Waals surface area (Å²) in [4.78, 5) is 12.2. The molecule has 0 fully saturated rings. The lowest BCUT2D eigenvalue weighted by Gasteiger charge is -2.12. The molecule has 1 heterocycles. The Bertz CT molecular complexity index is 939. The Balaban J connectivity index is 1.88. The fourth-order valence-electron chi connectivity index (χ4n) is 3.07. The van der Waals surface area contributed by atoms with Crippen LogP contribution in [0.25, 0.3) is 10.9 Å². The van der Waals surface area contributed by atoms with Crippen molar-refractivity contribution < 1.29 is 4.79 Å². The second-order valence-electron chi connectivity index (χ2n) is 6.19. The Morgan fingerprint density at radius 1 is 1.16 bits per heavy atom. The smallest absolute Gasteiger partial charge is 0.271 e. The van der Waals surface area contributed by atoms with Crippen molar-refractivity contribution in [3.05, 3.63) is 68.9 Å². The van der Waals surface area contributed by atoms with Gasteiger partial charge in [-0.1, -0.05) is 18.2 Å². The Morgan fingerprint density at radius 2 is 1.84 bits per heavy atom. The second-order valence-corrected chi connectivity index (χ2v) is 7.43. The van der Waals surface area contributed by atoms with Crippen LogP contribution in [0.15, 0.2) is 53.6 Å². The summed E-state index contributed by atoms with van der Waals surface area (Å²) in [6.07, 6.45) is 1.74. The number of rotatable bonds is 4. The minimum atomic E-state index is -0.210. The molecule has 1 N–H and O–H groups in total. The average molecular weight is 445 g/mol. The molecule has 1 amide bonds. The van der Waals surface area contributed by atoms with E-state index in [4.69, 9.17) is 0 Å². The summed E-state index contributed by atoms with van der Waals surface area (Å²) in [5, 5.41) is 5.32. The molecular weight excluding hydrogens is 425 g/mol. The van der Waals surface area contributed by atoms with E-state index in [1.165, 1.54) is 5.52 Å². The lowest BCUT2D eigenvalue weighted by atomic mass is 10.1. The summed E-state index contributed by atoms with van der Waals surface area (Å²) >= 11 is 2.21. The number of nitrogens with one attached hydrogen (secondary N) is 1. The molecular formula is C20H20IN3O. The van der Waals surface area contributed by atoms with E-state index >= 15 is 0 Å². The van der Waals surface area contributed by atoms with Crippen molar-refractivity contribution in [2.24, 2.45) is 5.10 Å². The van der Waals surface area contributed by atoms with Crippen LogP contribution in [0.5, 0.6) is 0 Å². The molecule has 128 valence electrons. The third-order valence-electron chi connectivity index (χ3n) is 4.19. The van der Waals surface area contributed by atoms with E-state index in [1.54, 1.807) is 18.3 Å². The molecule has 0 aliphatic heterocycles. The zero-order valence-corrected chi connectivity index (χ0v) is 16.6. The first-order chi connectivity index (χ1) is 12.0. The number of nitrogens with zero attached hydrogens (tertiary/aromatic N) is 2. The molecule has 5 heteroatoms. The number of fused-ring (bicyclic) bond motifs is 1. The quantitative estimate of drug-likeness (QED) is 0.347. The van der Waals surface area contributed by atoms with E-state index in [9.17, 15) is 4.79 Å². The maximum Gasteiger partial charge on any atom is 0.271 e. The standard InChI is InChI=1S/C20H20IN3O/c1-13(2)24-14(3)18(17-6-4-5-7-19(17)24)12-22-23-20(25)15-8-10-16(21)11-9-15/h4-13H,1-3H3,(H,23,25)/b22-12-. The van der Waals surface area contributed by atoms with Gasteiger partial charge in [0.2, 0.25) is 0 Å². The number of amides is 1. The Labute approximate surface area is 161 Å². The fraction of sp³-hybridized carbons (Fsp3) is 0.200. The van der Waals surface area contributed by atoms with Crippen molar-refractivity contribution in [3.8, 4) is 0 Å². The maximum absolute atomic E-state index is 12.2. The lowest BCUT2D eigenvalue weighted by Crippen LogP contribution is -2.17. The molecule has 0 saturated carbocycles. The SMILES string of the molecule is Cc1c(/C=N\NC(=O)c2ccc(I)cc2)c2ccccc2n1C(C)C. The van der Waals surface area contributed by atoms with Gasteiger partial charge in [0, 0.05) is 37.3 Å². The monoisotopic (exact) mass is 445 g/mol. The molecule has 0 unspecified atom stereocenters. The van der Waals surface area contributed by atoms with Crippen molar-refractivity contribution >= 4 is 45.6 Å². The molecule has 3 aromatic rings. The minimum absolute atomic E-state index is 0.210. The van der Waals surface area contributed by atoms with Crippen LogP contribution in [0, 0.1) is 10.5 Å². The number of hydrazone groups is 1. The third kappa shape index (κ3) is 3.61. The summed E-state index contributed by atoms with van der Waals surface area (Å²) in [5.41, 5.74) is 6.57. The zero-order chi connectivity index (χ0) is 18.0. The number of carbonyl (C=O) groups is 1. The van der Waals surface area contributed by atoms with Crippen LogP contribution in [0.1, 0.15) is 41.5 Å². The minimum Gasteiger partial charge on any atom is -0.342 e. The van der Waals surface area contributed by atoms with Gasteiger partial charge in [-0.25, -0.2) is 5.43 Å². The number of aromatic nitrogens is 1. The molecule has 3 rings (SSSR count). The van der Waals surface area contributed by atoms with Crippen LogP contribution in [-0.4, -0.2) is 16.7 Å². The zero-order valence-electron chi connectivity index (χ0n) is 14.5. The lowest BCUT2D eigenvalue weighted by molar-refractivity contribution is 0.0955. The second kappa shape index (κ2) is 7.39. The normalized spacial score (nSPS) is 11.6. The predicted octanol–water partition coefficient (Wildman–Crippen LogP) is 4.90. The highest BCUT2D eigenvalue weighted by Crippen LogP contribution is 2.27. The van der Waals surface area contributed by atoms with E-state index in [-0.39, 0.29) is 5.91 Å². The summed E-state index contributed by atoms with van der Waals surface area (Å²) in [5.74, 6) is -0.210. The van der Waals surface area contributed by atoms with Crippen molar-refractivity contribution in [2.75, 3.05) is 0 Å². The molecule has 4 nitrogen and oxygen atoms in total. The Hall–Kier alpha value is -2.15. The molecule has 0 aliphatic rings. The van der Waals surface area contributed by atoms with Crippen LogP contribution in [-0.2, 0) is 0 Å². The number of para-hydroxylation sites is 1. The van der Waals surface area contributed by atoms with Crippen molar-refractivity contribution in [1.29, 1.82) is 0 Å². The van der Waals surface area contributed by atoms with Gasteiger partial charge >= 0.3 is 0 Å².